The third-order valence-corrected chi connectivity index (χ3v) is 4.00. The van der Waals surface area contributed by atoms with Crippen molar-refractivity contribution >= 4 is 40.0 Å². The molecule has 6 nitrogen and oxygen atoms in total. The average molecular weight is 371 g/mol. The highest BCUT2D eigenvalue weighted by Crippen LogP contribution is 2.31. The highest BCUT2D eigenvalue weighted by Gasteiger charge is 2.12. The van der Waals surface area contributed by atoms with Crippen molar-refractivity contribution in [3.8, 4) is 11.3 Å². The quantitative estimate of drug-likeness (QED) is 0.660. The number of amides is 2. The molecule has 0 saturated carbocycles. The summed E-state index contributed by atoms with van der Waals surface area (Å²) in [4.78, 5) is 27.6. The molecule has 0 aliphatic heterocycles. The summed E-state index contributed by atoms with van der Waals surface area (Å²) in [5.41, 5.74) is 1.40. The number of nitrogens with one attached hydrogen (secondary N) is 2. The molecule has 2 N–H and O–H groups in total. The molecule has 1 aromatic carbocycles. The number of hydrogen-bond acceptors (Lipinski definition) is 5. The van der Waals surface area contributed by atoms with Crippen molar-refractivity contribution in [1.29, 1.82) is 0 Å². The van der Waals surface area contributed by atoms with Gasteiger partial charge in [-0.3, -0.25) is 14.9 Å². The molecule has 0 spiro atoms. The number of thiazole rings is 1. The number of carbonyl (C=O) groups excluding carboxylic acids is 2. The summed E-state index contributed by atoms with van der Waals surface area (Å²) in [6.07, 6.45) is 4.39. The first-order valence-electron chi connectivity index (χ1n) is 7.57. The molecule has 26 heavy (non-hydrogen) atoms. The van der Waals surface area contributed by atoms with Gasteiger partial charge >= 0.3 is 0 Å². The van der Waals surface area contributed by atoms with Crippen LogP contribution in [0.25, 0.3) is 17.3 Å². The largest absolute Gasteiger partial charge is 0.465 e. The first-order chi connectivity index (χ1) is 12.5. The predicted molar refractivity (Wildman–Crippen MR) is 98.2 cm³/mol. The molecule has 0 saturated heterocycles. The Hall–Kier alpha value is -3.26. The summed E-state index contributed by atoms with van der Waals surface area (Å²) in [7, 11) is 0. The normalized spacial score (nSPS) is 10.8. The van der Waals surface area contributed by atoms with Crippen LogP contribution in [-0.2, 0) is 9.59 Å². The predicted octanol–water partition coefficient (Wildman–Crippen LogP) is 4.15. The lowest BCUT2D eigenvalue weighted by Gasteiger charge is -2.08. The van der Waals surface area contributed by atoms with Crippen LogP contribution in [0, 0.1) is 5.82 Å². The summed E-state index contributed by atoms with van der Waals surface area (Å²) in [5, 5.41) is 7.31. The Morgan fingerprint density at radius 1 is 1.27 bits per heavy atom. The van der Waals surface area contributed by atoms with E-state index in [0.717, 1.165) is 0 Å². The van der Waals surface area contributed by atoms with Crippen LogP contribution in [-0.4, -0.2) is 16.8 Å². The summed E-state index contributed by atoms with van der Waals surface area (Å²) in [6, 6.07) is 7.48. The SMILES string of the molecule is CC(=O)Nc1cc(F)ccc1-c1csc(NC(=O)/C=C/c2ccco2)n1. The Bertz CT molecular complexity index is 964. The minimum absolute atomic E-state index is 0.316. The van der Waals surface area contributed by atoms with Gasteiger partial charge in [0.1, 0.15) is 11.6 Å². The molecule has 0 radical (unpaired) electrons. The van der Waals surface area contributed by atoms with Gasteiger partial charge in [0, 0.05) is 23.9 Å². The number of anilines is 2. The number of hydrogen-bond donors (Lipinski definition) is 2. The van der Waals surface area contributed by atoms with Gasteiger partial charge in [-0.15, -0.1) is 11.3 Å². The molecule has 2 aromatic heterocycles. The van der Waals surface area contributed by atoms with E-state index in [1.165, 1.54) is 48.8 Å². The van der Waals surface area contributed by atoms with E-state index >= 15 is 0 Å². The van der Waals surface area contributed by atoms with Gasteiger partial charge in [-0.25, -0.2) is 9.37 Å². The van der Waals surface area contributed by atoms with Crippen molar-refractivity contribution in [3.05, 3.63) is 59.6 Å². The van der Waals surface area contributed by atoms with E-state index in [0.29, 0.717) is 27.8 Å². The number of halogens is 1. The van der Waals surface area contributed by atoms with E-state index in [9.17, 15) is 14.0 Å². The number of carbonyl (C=O) groups is 2. The van der Waals surface area contributed by atoms with Gasteiger partial charge in [0.15, 0.2) is 5.13 Å². The monoisotopic (exact) mass is 371 g/mol. The van der Waals surface area contributed by atoms with E-state index < -0.39 is 5.82 Å². The molecular formula is C18H14FN3O3S. The van der Waals surface area contributed by atoms with Gasteiger partial charge in [0.05, 0.1) is 17.6 Å². The second-order valence-electron chi connectivity index (χ2n) is 5.25. The summed E-state index contributed by atoms with van der Waals surface area (Å²) >= 11 is 1.22. The van der Waals surface area contributed by atoms with E-state index in [4.69, 9.17) is 4.42 Å². The number of aromatic nitrogens is 1. The van der Waals surface area contributed by atoms with Crippen molar-refractivity contribution in [2.24, 2.45) is 0 Å². The molecule has 3 rings (SSSR count). The van der Waals surface area contributed by atoms with E-state index in [1.807, 2.05) is 0 Å². The minimum Gasteiger partial charge on any atom is -0.465 e. The van der Waals surface area contributed by atoms with Crippen LogP contribution in [0.2, 0.25) is 0 Å². The van der Waals surface area contributed by atoms with Crippen molar-refractivity contribution in [2.45, 2.75) is 6.92 Å². The minimum atomic E-state index is -0.468. The molecule has 2 amide bonds. The molecule has 0 aliphatic rings. The van der Waals surface area contributed by atoms with Gasteiger partial charge in [0.2, 0.25) is 11.8 Å². The van der Waals surface area contributed by atoms with Gasteiger partial charge in [-0.2, -0.15) is 0 Å². The molecule has 2 heterocycles. The highest BCUT2D eigenvalue weighted by molar-refractivity contribution is 7.14. The van der Waals surface area contributed by atoms with Crippen LogP contribution in [0.15, 0.2) is 52.5 Å². The lowest BCUT2D eigenvalue weighted by atomic mass is 10.1. The zero-order valence-corrected chi connectivity index (χ0v) is 14.5. The number of rotatable bonds is 5. The summed E-state index contributed by atoms with van der Waals surface area (Å²) in [6.45, 7) is 1.34. The first-order valence-corrected chi connectivity index (χ1v) is 8.45. The molecule has 132 valence electrons. The highest BCUT2D eigenvalue weighted by atomic mass is 32.1. The smallest absolute Gasteiger partial charge is 0.250 e. The maximum absolute atomic E-state index is 13.5. The average Bonchev–Trinajstić information content (AvgIpc) is 3.24. The molecule has 0 unspecified atom stereocenters. The standard InChI is InChI=1S/C18H14FN3O3S/c1-11(23)20-15-9-12(19)4-6-14(15)16-10-26-18(21-16)22-17(24)7-5-13-3-2-8-25-13/h2-10H,1H3,(H,20,23)(H,21,22,24)/b7-5+. The Kier molecular flexibility index (Phi) is 5.23. The number of furan rings is 1. The van der Waals surface area contributed by atoms with Crippen LogP contribution in [0.4, 0.5) is 15.2 Å². The van der Waals surface area contributed by atoms with Gasteiger partial charge in [-0.1, -0.05) is 0 Å². The fourth-order valence-corrected chi connectivity index (χ4v) is 2.89. The molecule has 0 bridgehead atoms. The van der Waals surface area contributed by atoms with Gasteiger partial charge < -0.3 is 9.73 Å². The lowest BCUT2D eigenvalue weighted by molar-refractivity contribution is -0.114. The number of benzene rings is 1. The Balaban J connectivity index is 1.75. The zero-order chi connectivity index (χ0) is 18.5. The maximum atomic E-state index is 13.5. The van der Waals surface area contributed by atoms with Crippen LogP contribution < -0.4 is 10.6 Å². The molecule has 0 atom stereocenters. The van der Waals surface area contributed by atoms with Crippen LogP contribution in [0.1, 0.15) is 12.7 Å². The Morgan fingerprint density at radius 3 is 2.85 bits per heavy atom. The van der Waals surface area contributed by atoms with Crippen LogP contribution in [0.3, 0.4) is 0 Å². The fraction of sp³-hybridized carbons (Fsp3) is 0.0556. The third kappa shape index (κ3) is 4.42. The molecular weight excluding hydrogens is 357 g/mol. The van der Waals surface area contributed by atoms with Gasteiger partial charge in [-0.05, 0) is 36.4 Å². The van der Waals surface area contributed by atoms with Crippen LogP contribution >= 0.6 is 11.3 Å². The van der Waals surface area contributed by atoms with Crippen molar-refractivity contribution < 1.29 is 18.4 Å². The van der Waals surface area contributed by atoms with Crippen LogP contribution in [0.5, 0.6) is 0 Å². The van der Waals surface area contributed by atoms with Gasteiger partial charge in [0.25, 0.3) is 0 Å². The fourth-order valence-electron chi connectivity index (χ4n) is 2.18. The Labute approximate surface area is 152 Å². The molecule has 0 aliphatic carbocycles. The van der Waals surface area contributed by atoms with E-state index in [-0.39, 0.29) is 11.8 Å². The zero-order valence-electron chi connectivity index (χ0n) is 13.7. The van der Waals surface area contributed by atoms with E-state index in [1.54, 1.807) is 23.6 Å². The second kappa shape index (κ2) is 7.75. The maximum Gasteiger partial charge on any atom is 0.250 e. The van der Waals surface area contributed by atoms with E-state index in [2.05, 4.69) is 15.6 Å². The summed E-state index contributed by atoms with van der Waals surface area (Å²) in [5.74, 6) is -0.581. The van der Waals surface area contributed by atoms with Crippen molar-refractivity contribution in [2.75, 3.05) is 10.6 Å². The first kappa shape index (κ1) is 17.6. The number of nitrogens with zero attached hydrogens (tertiary/aromatic N) is 1. The Morgan fingerprint density at radius 2 is 2.12 bits per heavy atom. The molecule has 8 heteroatoms. The molecule has 3 aromatic rings. The lowest BCUT2D eigenvalue weighted by Crippen LogP contribution is -2.08. The topological polar surface area (TPSA) is 84.2 Å². The van der Waals surface area contributed by atoms with Crippen molar-refractivity contribution in [3.63, 3.8) is 0 Å². The molecule has 0 fully saturated rings. The summed E-state index contributed by atoms with van der Waals surface area (Å²) < 4.78 is 18.6. The van der Waals surface area contributed by atoms with Crippen molar-refractivity contribution in [1.82, 2.24) is 4.98 Å². The third-order valence-electron chi connectivity index (χ3n) is 3.24. The second-order valence-corrected chi connectivity index (χ2v) is 6.11.